The van der Waals surface area contributed by atoms with Crippen LogP contribution in [0.4, 0.5) is 0 Å². The molecule has 26 heavy (non-hydrogen) atoms. The number of nitrogens with zero attached hydrogens (tertiary/aromatic N) is 1. The van der Waals surface area contributed by atoms with Crippen LogP contribution in [-0.2, 0) is 26.2 Å². The van der Waals surface area contributed by atoms with Crippen LogP contribution < -0.4 is 4.72 Å². The summed E-state index contributed by atoms with van der Waals surface area (Å²) in [5.41, 5.74) is 1.50. The number of carbonyl (C=O) groups excluding carboxylic acids is 1. The highest BCUT2D eigenvalue weighted by atomic mass is 79.9. The van der Waals surface area contributed by atoms with Crippen LogP contribution in [0.15, 0.2) is 70.2 Å². The molecule has 3 rings (SSSR count). The topological polar surface area (TPSA) is 85.4 Å². The third-order valence-corrected chi connectivity index (χ3v) is 5.51. The molecule has 6 nitrogen and oxygen atoms in total. The number of nitrogens with one attached hydrogen (secondary N) is 1. The van der Waals surface area contributed by atoms with Crippen molar-refractivity contribution < 1.29 is 17.9 Å². The molecule has 0 aliphatic heterocycles. The number of hydrogen-bond acceptors (Lipinski definition) is 5. The highest BCUT2D eigenvalue weighted by Crippen LogP contribution is 2.17. The summed E-state index contributed by atoms with van der Waals surface area (Å²) in [5, 5.41) is 0.941. The molecule has 0 radical (unpaired) electrons. The zero-order valence-corrected chi connectivity index (χ0v) is 16.0. The van der Waals surface area contributed by atoms with Crippen LogP contribution in [0.25, 0.3) is 10.9 Å². The van der Waals surface area contributed by atoms with E-state index < -0.39 is 22.5 Å². The minimum atomic E-state index is -3.79. The van der Waals surface area contributed by atoms with Gasteiger partial charge in [0.25, 0.3) is 0 Å². The van der Waals surface area contributed by atoms with Crippen LogP contribution in [0, 0.1) is 0 Å². The lowest BCUT2D eigenvalue weighted by Crippen LogP contribution is -2.30. The van der Waals surface area contributed by atoms with Crippen LogP contribution in [0.1, 0.15) is 5.56 Å². The lowest BCUT2D eigenvalue weighted by atomic mass is 10.1. The Morgan fingerprint density at radius 3 is 2.69 bits per heavy atom. The van der Waals surface area contributed by atoms with Crippen molar-refractivity contribution in [3.63, 3.8) is 0 Å². The van der Waals surface area contributed by atoms with Gasteiger partial charge in [-0.15, -0.1) is 0 Å². The highest BCUT2D eigenvalue weighted by molar-refractivity contribution is 9.10. The van der Waals surface area contributed by atoms with Gasteiger partial charge in [-0.25, -0.2) is 8.42 Å². The van der Waals surface area contributed by atoms with Crippen molar-refractivity contribution in [2.24, 2.45) is 0 Å². The van der Waals surface area contributed by atoms with E-state index in [2.05, 4.69) is 25.6 Å². The molecule has 0 amide bonds. The molecule has 1 aromatic heterocycles. The van der Waals surface area contributed by atoms with Crippen molar-refractivity contribution in [3.05, 3.63) is 70.8 Å². The second-order valence-electron chi connectivity index (χ2n) is 5.43. The van der Waals surface area contributed by atoms with Gasteiger partial charge in [0.05, 0.1) is 10.4 Å². The van der Waals surface area contributed by atoms with Gasteiger partial charge in [-0.3, -0.25) is 9.78 Å². The van der Waals surface area contributed by atoms with Gasteiger partial charge in [0.1, 0.15) is 13.2 Å². The first kappa shape index (κ1) is 18.5. The Kier molecular flexibility index (Phi) is 5.65. The van der Waals surface area contributed by atoms with E-state index in [-0.39, 0.29) is 11.5 Å². The maximum Gasteiger partial charge on any atom is 0.321 e. The smallest absolute Gasteiger partial charge is 0.321 e. The van der Waals surface area contributed by atoms with Crippen LogP contribution in [0.3, 0.4) is 0 Å². The molecule has 1 N–H and O–H groups in total. The summed E-state index contributed by atoms with van der Waals surface area (Å²) in [7, 11) is -3.79. The van der Waals surface area contributed by atoms with Gasteiger partial charge in [0.2, 0.25) is 10.0 Å². The summed E-state index contributed by atoms with van der Waals surface area (Å²) in [6.45, 7) is -0.432. The Labute approximate surface area is 159 Å². The number of pyridine rings is 1. The first-order chi connectivity index (χ1) is 12.5. The van der Waals surface area contributed by atoms with Crippen molar-refractivity contribution in [3.8, 4) is 0 Å². The Morgan fingerprint density at radius 1 is 1.12 bits per heavy atom. The third-order valence-electron chi connectivity index (χ3n) is 3.62. The number of esters is 1. The molecule has 134 valence electrons. The van der Waals surface area contributed by atoms with Crippen molar-refractivity contribution in [2.75, 3.05) is 6.54 Å². The van der Waals surface area contributed by atoms with Crippen LogP contribution in [0.2, 0.25) is 0 Å². The first-order valence-electron chi connectivity index (χ1n) is 7.69. The fourth-order valence-corrected chi connectivity index (χ4v) is 3.93. The van der Waals surface area contributed by atoms with E-state index in [1.807, 2.05) is 30.3 Å². The molecule has 0 aliphatic carbocycles. The van der Waals surface area contributed by atoms with E-state index in [0.29, 0.717) is 4.47 Å². The quantitative estimate of drug-likeness (QED) is 0.602. The van der Waals surface area contributed by atoms with Gasteiger partial charge >= 0.3 is 5.97 Å². The number of sulfonamides is 1. The van der Waals surface area contributed by atoms with Gasteiger partial charge in [-0.1, -0.05) is 46.3 Å². The lowest BCUT2D eigenvalue weighted by molar-refractivity contribution is -0.143. The number of ether oxygens (including phenoxy) is 1. The van der Waals surface area contributed by atoms with E-state index in [9.17, 15) is 13.2 Å². The maximum absolute atomic E-state index is 12.2. The number of hydrogen-bond donors (Lipinski definition) is 1. The highest BCUT2D eigenvalue weighted by Gasteiger charge is 2.16. The van der Waals surface area contributed by atoms with E-state index in [1.54, 1.807) is 18.3 Å². The monoisotopic (exact) mass is 434 g/mol. The zero-order chi connectivity index (χ0) is 18.6. The Hall–Kier alpha value is -2.29. The molecule has 0 aliphatic rings. The van der Waals surface area contributed by atoms with Gasteiger partial charge < -0.3 is 4.74 Å². The van der Waals surface area contributed by atoms with E-state index in [4.69, 9.17) is 4.74 Å². The molecule has 0 atom stereocenters. The summed E-state index contributed by atoms with van der Waals surface area (Å²) in [6, 6.07) is 15.5. The molecule has 0 fully saturated rings. The lowest BCUT2D eigenvalue weighted by Gasteiger charge is -2.09. The molecule has 0 bridgehead atoms. The van der Waals surface area contributed by atoms with Crippen molar-refractivity contribution >= 4 is 42.8 Å². The zero-order valence-electron chi connectivity index (χ0n) is 13.6. The molecule has 3 aromatic rings. The van der Waals surface area contributed by atoms with Crippen LogP contribution in [0.5, 0.6) is 0 Å². The predicted octanol–water partition coefficient (Wildman–Crippen LogP) is 3.02. The molecule has 0 unspecified atom stereocenters. The average Bonchev–Trinajstić information content (AvgIpc) is 2.65. The van der Waals surface area contributed by atoms with Gasteiger partial charge in [0.15, 0.2) is 0 Å². The van der Waals surface area contributed by atoms with E-state index in [1.165, 1.54) is 12.1 Å². The normalized spacial score (nSPS) is 11.4. The predicted molar refractivity (Wildman–Crippen MR) is 101 cm³/mol. The Bertz CT molecular complexity index is 1050. The van der Waals surface area contributed by atoms with E-state index >= 15 is 0 Å². The second-order valence-corrected chi connectivity index (χ2v) is 8.12. The van der Waals surface area contributed by atoms with Crippen molar-refractivity contribution in [2.45, 2.75) is 11.5 Å². The Balaban J connectivity index is 1.61. The number of carbonyl (C=O) groups is 1. The standard InChI is InChI=1S/C18H15BrN2O4S/c19-15-7-2-8-16(10-15)26(23,24)21-11-17(22)25-12-14-5-1-4-13-6-3-9-20-18(13)14/h1-10,21H,11-12H2. The number of rotatable bonds is 6. The number of benzene rings is 2. The van der Waals surface area contributed by atoms with Gasteiger partial charge in [-0.2, -0.15) is 4.72 Å². The van der Waals surface area contributed by atoms with Crippen LogP contribution >= 0.6 is 15.9 Å². The molecule has 8 heteroatoms. The number of aromatic nitrogens is 1. The summed E-state index contributed by atoms with van der Waals surface area (Å²) >= 11 is 3.22. The summed E-state index contributed by atoms with van der Waals surface area (Å²) in [4.78, 5) is 16.3. The fourth-order valence-electron chi connectivity index (χ4n) is 2.36. The number of halogens is 1. The second kappa shape index (κ2) is 7.94. The minimum absolute atomic E-state index is 0.0196. The SMILES string of the molecule is O=C(CNS(=O)(=O)c1cccc(Br)c1)OCc1cccc2cccnc12. The fraction of sp³-hybridized carbons (Fsp3) is 0.111. The van der Waals surface area contributed by atoms with Crippen LogP contribution in [-0.4, -0.2) is 25.9 Å². The van der Waals surface area contributed by atoms with E-state index in [0.717, 1.165) is 16.5 Å². The summed E-state index contributed by atoms with van der Waals surface area (Å²) in [6.07, 6.45) is 1.67. The number of fused-ring (bicyclic) bond motifs is 1. The number of para-hydroxylation sites is 1. The average molecular weight is 435 g/mol. The molecular formula is C18H15BrN2O4S. The molecule has 0 saturated carbocycles. The van der Waals surface area contributed by atoms with Gasteiger partial charge in [0, 0.05) is 21.6 Å². The van der Waals surface area contributed by atoms with Crippen molar-refractivity contribution in [1.82, 2.24) is 9.71 Å². The largest absolute Gasteiger partial charge is 0.460 e. The van der Waals surface area contributed by atoms with Crippen molar-refractivity contribution in [1.29, 1.82) is 0 Å². The van der Waals surface area contributed by atoms with Gasteiger partial charge in [-0.05, 0) is 24.3 Å². The Morgan fingerprint density at radius 2 is 1.88 bits per heavy atom. The summed E-state index contributed by atoms with van der Waals surface area (Å²) < 4.78 is 32.4. The minimum Gasteiger partial charge on any atom is -0.460 e. The molecule has 1 heterocycles. The summed E-state index contributed by atoms with van der Waals surface area (Å²) in [5.74, 6) is -0.670. The third kappa shape index (κ3) is 4.46. The first-order valence-corrected chi connectivity index (χ1v) is 9.97. The maximum atomic E-state index is 12.2. The molecule has 2 aromatic carbocycles. The molecular weight excluding hydrogens is 420 g/mol. The molecule has 0 spiro atoms. The molecule has 0 saturated heterocycles.